The fourth-order valence-corrected chi connectivity index (χ4v) is 2.65. The second-order valence-corrected chi connectivity index (χ2v) is 5.56. The fourth-order valence-electron chi connectivity index (χ4n) is 2.65. The topological polar surface area (TPSA) is 69.6 Å². The molecule has 0 radical (unpaired) electrons. The number of hydrogen-bond acceptors (Lipinski definition) is 2. The van der Waals surface area contributed by atoms with E-state index in [0.717, 1.165) is 30.6 Å². The number of likely N-dealkylation sites (tertiary alicyclic amines) is 1. The molecule has 114 valence electrons. The van der Waals surface area contributed by atoms with Crippen molar-refractivity contribution in [2.45, 2.75) is 45.1 Å². The van der Waals surface area contributed by atoms with Crippen LogP contribution in [0.1, 0.15) is 38.2 Å². The Morgan fingerprint density at radius 3 is 2.90 bits per heavy atom. The van der Waals surface area contributed by atoms with Crippen LogP contribution in [0, 0.1) is 0 Å². The van der Waals surface area contributed by atoms with Crippen LogP contribution in [0.5, 0.6) is 0 Å². The SMILES string of the molecule is CC1CCCCN1C(=O)Nc1cccc(CCC(=O)O)c1. The molecule has 0 aromatic heterocycles. The summed E-state index contributed by atoms with van der Waals surface area (Å²) >= 11 is 0. The van der Waals surface area contributed by atoms with Crippen molar-refractivity contribution in [3.63, 3.8) is 0 Å². The van der Waals surface area contributed by atoms with Crippen molar-refractivity contribution in [1.82, 2.24) is 4.90 Å². The van der Waals surface area contributed by atoms with Gasteiger partial charge >= 0.3 is 12.0 Å². The molecule has 0 spiro atoms. The molecule has 2 N–H and O–H groups in total. The van der Waals surface area contributed by atoms with Crippen LogP contribution in [0.25, 0.3) is 0 Å². The Bertz CT molecular complexity index is 516. The maximum Gasteiger partial charge on any atom is 0.322 e. The first-order chi connectivity index (χ1) is 10.1. The van der Waals surface area contributed by atoms with E-state index in [1.54, 1.807) is 0 Å². The molecule has 1 aromatic rings. The number of anilines is 1. The van der Waals surface area contributed by atoms with Crippen molar-refractivity contribution in [3.8, 4) is 0 Å². The summed E-state index contributed by atoms with van der Waals surface area (Å²) in [4.78, 5) is 24.7. The molecule has 2 rings (SSSR count). The summed E-state index contributed by atoms with van der Waals surface area (Å²) in [5.74, 6) is -0.813. The number of hydrogen-bond donors (Lipinski definition) is 2. The number of nitrogens with one attached hydrogen (secondary N) is 1. The van der Waals surface area contributed by atoms with E-state index < -0.39 is 5.97 Å². The number of piperidine rings is 1. The molecule has 1 aliphatic rings. The summed E-state index contributed by atoms with van der Waals surface area (Å²) in [7, 11) is 0. The predicted octanol–water partition coefficient (Wildman–Crippen LogP) is 3.11. The van der Waals surface area contributed by atoms with Crippen molar-refractivity contribution >= 4 is 17.7 Å². The Morgan fingerprint density at radius 2 is 2.19 bits per heavy atom. The second-order valence-electron chi connectivity index (χ2n) is 5.56. The zero-order valence-corrected chi connectivity index (χ0v) is 12.3. The Labute approximate surface area is 125 Å². The number of carbonyl (C=O) groups excluding carboxylic acids is 1. The highest BCUT2D eigenvalue weighted by Crippen LogP contribution is 2.19. The van der Waals surface area contributed by atoms with Crippen molar-refractivity contribution in [2.75, 3.05) is 11.9 Å². The van der Waals surface area contributed by atoms with E-state index in [2.05, 4.69) is 12.2 Å². The number of carbonyl (C=O) groups is 2. The average molecular weight is 290 g/mol. The lowest BCUT2D eigenvalue weighted by molar-refractivity contribution is -0.136. The molecule has 0 bridgehead atoms. The van der Waals surface area contributed by atoms with Crippen molar-refractivity contribution < 1.29 is 14.7 Å². The van der Waals surface area contributed by atoms with E-state index in [9.17, 15) is 9.59 Å². The largest absolute Gasteiger partial charge is 0.481 e. The fraction of sp³-hybridized carbons (Fsp3) is 0.500. The van der Waals surface area contributed by atoms with Gasteiger partial charge in [-0.25, -0.2) is 4.79 Å². The standard InChI is InChI=1S/C16H22N2O3/c1-12-5-2-3-10-18(12)16(21)17-14-7-4-6-13(11-14)8-9-15(19)20/h4,6-7,11-12H,2-3,5,8-10H2,1H3,(H,17,21)(H,19,20). The lowest BCUT2D eigenvalue weighted by Gasteiger charge is -2.33. The first kappa shape index (κ1) is 15.4. The molecule has 0 saturated carbocycles. The summed E-state index contributed by atoms with van der Waals surface area (Å²) in [6.45, 7) is 2.87. The zero-order chi connectivity index (χ0) is 15.2. The van der Waals surface area contributed by atoms with Gasteiger partial charge in [-0.05, 0) is 50.3 Å². The maximum atomic E-state index is 12.3. The minimum absolute atomic E-state index is 0.0717. The Hall–Kier alpha value is -2.04. The molecule has 21 heavy (non-hydrogen) atoms. The van der Waals surface area contributed by atoms with Crippen LogP contribution >= 0.6 is 0 Å². The van der Waals surface area contributed by atoms with Crippen LogP contribution in [0.3, 0.4) is 0 Å². The summed E-state index contributed by atoms with van der Waals surface area (Å²) in [5, 5.41) is 11.6. The minimum Gasteiger partial charge on any atom is -0.481 e. The van der Waals surface area contributed by atoms with Gasteiger partial charge in [0.25, 0.3) is 0 Å². The highest BCUT2D eigenvalue weighted by Gasteiger charge is 2.23. The molecular formula is C16H22N2O3. The Kier molecular flexibility index (Phi) is 5.20. The lowest BCUT2D eigenvalue weighted by atomic mass is 10.0. The molecule has 1 unspecified atom stereocenters. The quantitative estimate of drug-likeness (QED) is 0.895. The van der Waals surface area contributed by atoms with Crippen LogP contribution in [-0.4, -0.2) is 34.6 Å². The Balaban J connectivity index is 1.97. The van der Waals surface area contributed by atoms with Crippen molar-refractivity contribution in [2.24, 2.45) is 0 Å². The predicted molar refractivity (Wildman–Crippen MR) is 81.4 cm³/mol. The number of carboxylic acid groups (broad SMARTS) is 1. The highest BCUT2D eigenvalue weighted by atomic mass is 16.4. The van der Waals surface area contributed by atoms with Crippen LogP contribution in [-0.2, 0) is 11.2 Å². The first-order valence-electron chi connectivity index (χ1n) is 7.44. The second kappa shape index (κ2) is 7.11. The number of nitrogens with zero attached hydrogens (tertiary/aromatic N) is 1. The number of carboxylic acids is 1. The van der Waals surface area contributed by atoms with Gasteiger partial charge in [0.15, 0.2) is 0 Å². The van der Waals surface area contributed by atoms with Crippen LogP contribution in [0.4, 0.5) is 10.5 Å². The van der Waals surface area contributed by atoms with Crippen LogP contribution in [0.2, 0.25) is 0 Å². The molecule has 5 heteroatoms. The normalized spacial score (nSPS) is 18.3. The van der Waals surface area contributed by atoms with E-state index in [-0.39, 0.29) is 18.5 Å². The number of aryl methyl sites for hydroxylation is 1. The average Bonchev–Trinajstić information content (AvgIpc) is 2.46. The highest BCUT2D eigenvalue weighted by molar-refractivity contribution is 5.89. The third-order valence-corrected chi connectivity index (χ3v) is 3.87. The number of urea groups is 1. The van der Waals surface area contributed by atoms with E-state index in [1.165, 1.54) is 6.42 Å². The molecule has 1 aliphatic heterocycles. The van der Waals surface area contributed by atoms with E-state index >= 15 is 0 Å². The van der Waals surface area contributed by atoms with Gasteiger partial charge < -0.3 is 15.3 Å². The number of rotatable bonds is 4. The zero-order valence-electron chi connectivity index (χ0n) is 12.3. The molecule has 5 nitrogen and oxygen atoms in total. The Morgan fingerprint density at radius 1 is 1.38 bits per heavy atom. The third-order valence-electron chi connectivity index (χ3n) is 3.87. The van der Waals surface area contributed by atoms with E-state index in [0.29, 0.717) is 6.42 Å². The molecule has 1 fully saturated rings. The van der Waals surface area contributed by atoms with E-state index in [4.69, 9.17) is 5.11 Å². The molecule has 1 saturated heterocycles. The van der Waals surface area contributed by atoms with Gasteiger partial charge in [0.05, 0.1) is 0 Å². The van der Waals surface area contributed by atoms with Crippen molar-refractivity contribution in [3.05, 3.63) is 29.8 Å². The summed E-state index contributed by atoms with van der Waals surface area (Å²) in [5.41, 5.74) is 1.64. The van der Waals surface area contributed by atoms with Gasteiger partial charge in [0.2, 0.25) is 0 Å². The minimum atomic E-state index is -0.813. The molecule has 1 aromatic carbocycles. The molecular weight excluding hydrogens is 268 g/mol. The van der Waals surface area contributed by atoms with Gasteiger partial charge in [0, 0.05) is 24.7 Å². The van der Waals surface area contributed by atoms with Crippen LogP contribution < -0.4 is 5.32 Å². The molecule has 1 heterocycles. The van der Waals surface area contributed by atoms with Gasteiger partial charge in [-0.15, -0.1) is 0 Å². The molecule has 1 atom stereocenters. The van der Waals surface area contributed by atoms with E-state index in [1.807, 2.05) is 29.2 Å². The van der Waals surface area contributed by atoms with Gasteiger partial charge in [-0.3, -0.25) is 4.79 Å². The number of amides is 2. The monoisotopic (exact) mass is 290 g/mol. The summed E-state index contributed by atoms with van der Waals surface area (Å²) < 4.78 is 0. The number of aliphatic carboxylic acids is 1. The summed E-state index contributed by atoms with van der Waals surface area (Å²) in [6.07, 6.45) is 3.85. The third kappa shape index (κ3) is 4.48. The van der Waals surface area contributed by atoms with Crippen LogP contribution in [0.15, 0.2) is 24.3 Å². The van der Waals surface area contributed by atoms with Gasteiger partial charge in [-0.2, -0.15) is 0 Å². The van der Waals surface area contributed by atoms with Gasteiger partial charge in [0.1, 0.15) is 0 Å². The molecule has 0 aliphatic carbocycles. The smallest absolute Gasteiger partial charge is 0.322 e. The van der Waals surface area contributed by atoms with Gasteiger partial charge in [-0.1, -0.05) is 12.1 Å². The maximum absolute atomic E-state index is 12.3. The molecule has 2 amide bonds. The first-order valence-corrected chi connectivity index (χ1v) is 7.44. The number of benzene rings is 1. The van der Waals surface area contributed by atoms with Crippen molar-refractivity contribution in [1.29, 1.82) is 0 Å². The summed E-state index contributed by atoms with van der Waals surface area (Å²) in [6, 6.07) is 7.59. The lowest BCUT2D eigenvalue weighted by Crippen LogP contribution is -2.44.